The Morgan fingerprint density at radius 1 is 0.933 bits per heavy atom. The third kappa shape index (κ3) is 5.38. The van der Waals surface area contributed by atoms with E-state index in [4.69, 9.17) is 0 Å². The zero-order valence-corrected chi connectivity index (χ0v) is 17.5. The maximum absolute atomic E-state index is 12.6. The van der Waals surface area contributed by atoms with Crippen molar-refractivity contribution in [1.82, 2.24) is 10.2 Å². The lowest BCUT2D eigenvalue weighted by Crippen LogP contribution is -2.14. The van der Waals surface area contributed by atoms with Crippen LogP contribution in [0.3, 0.4) is 0 Å². The number of thioether (sulfide) groups is 1. The van der Waals surface area contributed by atoms with Crippen LogP contribution in [0.2, 0.25) is 0 Å². The molecule has 0 unspecified atom stereocenters. The van der Waals surface area contributed by atoms with Gasteiger partial charge < -0.3 is 5.32 Å². The molecule has 2 aromatic carbocycles. The summed E-state index contributed by atoms with van der Waals surface area (Å²) in [5.41, 5.74) is 4.83. The minimum atomic E-state index is -4.40. The van der Waals surface area contributed by atoms with Gasteiger partial charge >= 0.3 is 6.18 Å². The van der Waals surface area contributed by atoms with Crippen LogP contribution >= 0.6 is 11.8 Å². The van der Waals surface area contributed by atoms with Crippen LogP contribution in [0.5, 0.6) is 0 Å². The van der Waals surface area contributed by atoms with E-state index in [2.05, 4.69) is 34.6 Å². The molecule has 0 aliphatic rings. The number of carbonyl (C=O) groups excluding carboxylic acids is 1. The molecular formula is C22H20F3N3OS. The molecule has 0 saturated carbocycles. The Labute approximate surface area is 176 Å². The number of halogens is 3. The molecule has 0 bridgehead atoms. The molecule has 1 N–H and O–H groups in total. The third-order valence-corrected chi connectivity index (χ3v) is 5.52. The first-order chi connectivity index (χ1) is 14.1. The van der Waals surface area contributed by atoms with Gasteiger partial charge in [0.05, 0.1) is 17.0 Å². The van der Waals surface area contributed by atoms with E-state index in [9.17, 15) is 18.0 Å². The van der Waals surface area contributed by atoms with E-state index < -0.39 is 11.7 Å². The molecular weight excluding hydrogens is 411 g/mol. The highest BCUT2D eigenvalue weighted by molar-refractivity contribution is 7.99. The van der Waals surface area contributed by atoms with Crippen LogP contribution in [0.25, 0.3) is 11.3 Å². The predicted molar refractivity (Wildman–Crippen MR) is 112 cm³/mol. The Morgan fingerprint density at radius 3 is 2.20 bits per heavy atom. The second-order valence-electron chi connectivity index (χ2n) is 6.92. The molecule has 0 radical (unpaired) electrons. The van der Waals surface area contributed by atoms with Gasteiger partial charge in [-0.3, -0.25) is 4.79 Å². The highest BCUT2D eigenvalue weighted by Gasteiger charge is 2.29. The number of hydrogen-bond acceptors (Lipinski definition) is 4. The number of nitrogens with one attached hydrogen (secondary N) is 1. The van der Waals surface area contributed by atoms with Crippen molar-refractivity contribution < 1.29 is 18.0 Å². The number of hydrogen-bond donors (Lipinski definition) is 1. The first kappa shape index (κ1) is 21.8. The van der Waals surface area contributed by atoms with Crippen LogP contribution in [0.4, 0.5) is 18.9 Å². The maximum atomic E-state index is 12.6. The van der Waals surface area contributed by atoms with Crippen LogP contribution in [0, 0.1) is 20.8 Å². The summed E-state index contributed by atoms with van der Waals surface area (Å²) in [6.45, 7) is 6.14. The van der Waals surface area contributed by atoms with Crippen molar-refractivity contribution in [3.05, 3.63) is 70.8 Å². The summed E-state index contributed by atoms with van der Waals surface area (Å²) in [6.07, 6.45) is -4.40. The highest BCUT2D eigenvalue weighted by Crippen LogP contribution is 2.30. The number of aromatic nitrogens is 2. The number of amides is 1. The van der Waals surface area contributed by atoms with Crippen molar-refractivity contribution in [2.24, 2.45) is 0 Å². The van der Waals surface area contributed by atoms with Crippen molar-refractivity contribution in [2.45, 2.75) is 32.0 Å². The fourth-order valence-electron chi connectivity index (χ4n) is 2.86. The van der Waals surface area contributed by atoms with Gasteiger partial charge in [-0.2, -0.15) is 13.2 Å². The van der Waals surface area contributed by atoms with E-state index in [0.717, 1.165) is 29.0 Å². The Kier molecular flexibility index (Phi) is 6.45. The SMILES string of the molecule is Cc1cc(C)c(-c2ccc(SCC(=O)Nc3ccc(C(F)(F)F)cc3)nn2)cc1C. The minimum Gasteiger partial charge on any atom is -0.325 e. The summed E-state index contributed by atoms with van der Waals surface area (Å²) in [4.78, 5) is 12.1. The van der Waals surface area contributed by atoms with Gasteiger partial charge in [0.25, 0.3) is 0 Å². The summed E-state index contributed by atoms with van der Waals surface area (Å²) in [7, 11) is 0. The molecule has 0 aliphatic heterocycles. The van der Waals surface area contributed by atoms with Crippen molar-refractivity contribution in [3.8, 4) is 11.3 Å². The van der Waals surface area contributed by atoms with Crippen LogP contribution in [0.1, 0.15) is 22.3 Å². The van der Waals surface area contributed by atoms with Crippen LogP contribution in [0.15, 0.2) is 53.6 Å². The van der Waals surface area contributed by atoms with E-state index in [0.29, 0.717) is 10.7 Å². The van der Waals surface area contributed by atoms with Crippen molar-refractivity contribution in [1.29, 1.82) is 0 Å². The van der Waals surface area contributed by atoms with Crippen molar-refractivity contribution in [3.63, 3.8) is 0 Å². The van der Waals surface area contributed by atoms with Gasteiger partial charge in [0, 0.05) is 11.3 Å². The van der Waals surface area contributed by atoms with Gasteiger partial charge in [-0.05, 0) is 79.9 Å². The monoisotopic (exact) mass is 431 g/mol. The second-order valence-corrected chi connectivity index (χ2v) is 7.92. The molecule has 1 aromatic heterocycles. The quantitative estimate of drug-likeness (QED) is 0.518. The summed E-state index contributed by atoms with van der Waals surface area (Å²) in [5.74, 6) is -0.270. The highest BCUT2D eigenvalue weighted by atomic mass is 32.2. The fourth-order valence-corrected chi connectivity index (χ4v) is 3.47. The van der Waals surface area contributed by atoms with E-state index in [1.807, 2.05) is 19.9 Å². The zero-order chi connectivity index (χ0) is 21.9. The summed E-state index contributed by atoms with van der Waals surface area (Å²) >= 11 is 1.20. The van der Waals surface area contributed by atoms with Crippen molar-refractivity contribution >= 4 is 23.4 Å². The predicted octanol–water partition coefficient (Wildman–Crippen LogP) is 5.82. The fraction of sp³-hybridized carbons (Fsp3) is 0.227. The van der Waals surface area contributed by atoms with Gasteiger partial charge in [-0.1, -0.05) is 17.8 Å². The molecule has 156 valence electrons. The Hall–Kier alpha value is -2.87. The second kappa shape index (κ2) is 8.87. The minimum absolute atomic E-state index is 0.0672. The van der Waals surface area contributed by atoms with E-state index in [-0.39, 0.29) is 11.7 Å². The maximum Gasteiger partial charge on any atom is 0.416 e. The molecule has 30 heavy (non-hydrogen) atoms. The standard InChI is InChI=1S/C22H20F3N3OS/c1-13-10-15(3)18(11-14(13)2)19-8-9-21(28-27-19)30-12-20(29)26-17-6-4-16(5-7-17)22(23,24)25/h4-11H,12H2,1-3H3,(H,26,29). The van der Waals surface area contributed by atoms with Gasteiger partial charge in [-0.15, -0.1) is 10.2 Å². The number of carbonyl (C=O) groups is 1. The average Bonchev–Trinajstić information content (AvgIpc) is 2.69. The normalized spacial score (nSPS) is 11.4. The van der Waals surface area contributed by atoms with E-state index >= 15 is 0 Å². The number of alkyl halides is 3. The number of aryl methyl sites for hydroxylation is 3. The van der Waals surface area contributed by atoms with Crippen LogP contribution in [-0.2, 0) is 11.0 Å². The molecule has 0 saturated heterocycles. The third-order valence-electron chi connectivity index (χ3n) is 4.60. The Morgan fingerprint density at radius 2 is 1.60 bits per heavy atom. The largest absolute Gasteiger partial charge is 0.416 e. The lowest BCUT2D eigenvalue weighted by atomic mass is 9.99. The van der Waals surface area contributed by atoms with Crippen molar-refractivity contribution in [2.75, 3.05) is 11.1 Å². The summed E-state index contributed by atoms with van der Waals surface area (Å²) in [6, 6.07) is 12.2. The molecule has 0 atom stereocenters. The number of rotatable bonds is 5. The lowest BCUT2D eigenvalue weighted by Gasteiger charge is -2.10. The number of nitrogens with zero attached hydrogens (tertiary/aromatic N) is 2. The zero-order valence-electron chi connectivity index (χ0n) is 16.7. The van der Waals surface area contributed by atoms with Gasteiger partial charge in [0.2, 0.25) is 5.91 Å². The molecule has 8 heteroatoms. The summed E-state index contributed by atoms with van der Waals surface area (Å²) < 4.78 is 37.7. The molecule has 0 fully saturated rings. The first-order valence-corrected chi connectivity index (χ1v) is 10.1. The smallest absolute Gasteiger partial charge is 0.325 e. The molecule has 4 nitrogen and oxygen atoms in total. The number of anilines is 1. The Bertz CT molecular complexity index is 1050. The molecule has 3 rings (SSSR count). The lowest BCUT2D eigenvalue weighted by molar-refractivity contribution is -0.137. The number of benzene rings is 2. The Balaban J connectivity index is 1.58. The summed E-state index contributed by atoms with van der Waals surface area (Å²) in [5, 5.41) is 11.6. The average molecular weight is 431 g/mol. The van der Waals surface area contributed by atoms with Crippen LogP contribution in [-0.4, -0.2) is 21.9 Å². The van der Waals surface area contributed by atoms with Gasteiger partial charge in [-0.25, -0.2) is 0 Å². The van der Waals surface area contributed by atoms with Gasteiger partial charge in [0.15, 0.2) is 0 Å². The van der Waals surface area contributed by atoms with Gasteiger partial charge in [0.1, 0.15) is 5.03 Å². The van der Waals surface area contributed by atoms with E-state index in [1.165, 1.54) is 35.0 Å². The van der Waals surface area contributed by atoms with Crippen LogP contribution < -0.4 is 5.32 Å². The van der Waals surface area contributed by atoms with E-state index in [1.54, 1.807) is 6.07 Å². The molecule has 0 spiro atoms. The first-order valence-electron chi connectivity index (χ1n) is 9.15. The topological polar surface area (TPSA) is 54.9 Å². The molecule has 3 aromatic rings. The molecule has 1 heterocycles. The molecule has 1 amide bonds. The molecule has 0 aliphatic carbocycles.